The fourth-order valence-electron chi connectivity index (χ4n) is 2.88. The van der Waals surface area contributed by atoms with Gasteiger partial charge in [-0.25, -0.2) is 0 Å². The van der Waals surface area contributed by atoms with Gasteiger partial charge >= 0.3 is 0 Å². The molecule has 0 aliphatic carbocycles. The second-order valence-electron chi connectivity index (χ2n) is 6.62. The molecule has 1 unspecified atom stereocenters. The Morgan fingerprint density at radius 1 is 1.07 bits per heavy atom. The van der Waals surface area contributed by atoms with Crippen molar-refractivity contribution in [1.82, 2.24) is 10.6 Å². The second-order valence-corrected chi connectivity index (χ2v) is 6.62. The minimum atomic E-state index is 0.270. The summed E-state index contributed by atoms with van der Waals surface area (Å²) in [6, 6.07) is 17.8. The van der Waals surface area contributed by atoms with E-state index in [-0.39, 0.29) is 6.10 Å². The lowest BCUT2D eigenvalue weighted by molar-refractivity contribution is 0.0420. The summed E-state index contributed by atoms with van der Waals surface area (Å²) in [6.07, 6.45) is 2.21. The molecule has 0 saturated carbocycles. The van der Waals surface area contributed by atoms with E-state index in [1.807, 2.05) is 42.5 Å². The zero-order valence-electron chi connectivity index (χ0n) is 16.4. The first-order chi connectivity index (χ1) is 13.8. The molecule has 1 saturated heterocycles. The average molecular weight is 383 g/mol. The smallest absolute Gasteiger partial charge is 0.191 e. The Bertz CT molecular complexity index is 714. The molecule has 1 atom stereocenters. The first kappa shape index (κ1) is 20.2. The largest absolute Gasteiger partial charge is 0.457 e. The van der Waals surface area contributed by atoms with Gasteiger partial charge in [0.15, 0.2) is 5.96 Å². The van der Waals surface area contributed by atoms with Crippen molar-refractivity contribution in [3.8, 4) is 11.5 Å². The molecule has 0 spiro atoms. The van der Waals surface area contributed by atoms with Crippen molar-refractivity contribution < 1.29 is 14.2 Å². The number of ether oxygens (including phenoxy) is 3. The number of guanidine groups is 1. The van der Waals surface area contributed by atoms with Gasteiger partial charge in [0.1, 0.15) is 11.5 Å². The third-order valence-corrected chi connectivity index (χ3v) is 4.44. The van der Waals surface area contributed by atoms with Gasteiger partial charge < -0.3 is 24.8 Å². The van der Waals surface area contributed by atoms with Gasteiger partial charge in [-0.2, -0.15) is 0 Å². The topological polar surface area (TPSA) is 64.1 Å². The van der Waals surface area contributed by atoms with E-state index in [1.165, 1.54) is 0 Å². The van der Waals surface area contributed by atoms with Gasteiger partial charge in [-0.15, -0.1) is 0 Å². The molecule has 1 heterocycles. The lowest BCUT2D eigenvalue weighted by Gasteiger charge is -2.13. The monoisotopic (exact) mass is 383 g/mol. The lowest BCUT2D eigenvalue weighted by Crippen LogP contribution is -2.37. The summed E-state index contributed by atoms with van der Waals surface area (Å²) >= 11 is 0. The highest BCUT2D eigenvalue weighted by Gasteiger charge is 2.15. The molecular weight excluding hydrogens is 354 g/mol. The molecule has 0 radical (unpaired) electrons. The number of hydrogen-bond acceptors (Lipinski definition) is 4. The van der Waals surface area contributed by atoms with Crippen LogP contribution in [0.5, 0.6) is 11.5 Å². The molecule has 1 aliphatic heterocycles. The maximum absolute atomic E-state index is 5.82. The number of benzene rings is 2. The third kappa shape index (κ3) is 6.87. The van der Waals surface area contributed by atoms with Crippen LogP contribution in [0.4, 0.5) is 0 Å². The number of nitrogens with one attached hydrogen (secondary N) is 2. The van der Waals surface area contributed by atoms with Gasteiger partial charge in [-0.3, -0.25) is 4.99 Å². The van der Waals surface area contributed by atoms with Gasteiger partial charge in [-0.05, 0) is 42.7 Å². The first-order valence-electron chi connectivity index (χ1n) is 9.79. The maximum Gasteiger partial charge on any atom is 0.191 e. The van der Waals surface area contributed by atoms with E-state index in [0.29, 0.717) is 6.54 Å². The molecule has 0 bridgehead atoms. The standard InChI is InChI=1S/C22H29N3O3/c1-23-22(24-13-5-14-27-21-12-15-26-17-21)25-16-18-8-10-20(11-9-18)28-19-6-3-2-4-7-19/h2-4,6-11,21H,5,12-17H2,1H3,(H2,23,24,25). The molecule has 0 aromatic heterocycles. The Kier molecular flexibility index (Phi) is 8.15. The van der Waals surface area contributed by atoms with E-state index in [1.54, 1.807) is 7.05 Å². The summed E-state index contributed by atoms with van der Waals surface area (Å²) in [4.78, 5) is 4.26. The van der Waals surface area contributed by atoms with E-state index in [0.717, 1.165) is 62.2 Å². The Labute approximate surface area is 166 Å². The minimum absolute atomic E-state index is 0.270. The van der Waals surface area contributed by atoms with E-state index in [4.69, 9.17) is 14.2 Å². The van der Waals surface area contributed by atoms with Crippen LogP contribution in [0, 0.1) is 0 Å². The van der Waals surface area contributed by atoms with E-state index < -0.39 is 0 Å². The Morgan fingerprint density at radius 2 is 1.86 bits per heavy atom. The molecule has 3 rings (SSSR count). The van der Waals surface area contributed by atoms with Crippen LogP contribution in [0.1, 0.15) is 18.4 Å². The van der Waals surface area contributed by atoms with Crippen LogP contribution in [-0.2, 0) is 16.0 Å². The number of aliphatic imine (C=N–C) groups is 1. The maximum atomic E-state index is 5.82. The zero-order valence-corrected chi connectivity index (χ0v) is 16.4. The molecule has 1 fully saturated rings. The Hall–Kier alpha value is -2.57. The van der Waals surface area contributed by atoms with Gasteiger partial charge in [0.05, 0.1) is 12.7 Å². The molecule has 2 N–H and O–H groups in total. The van der Waals surface area contributed by atoms with Crippen LogP contribution in [-0.4, -0.2) is 45.5 Å². The van der Waals surface area contributed by atoms with Crippen molar-refractivity contribution in [1.29, 1.82) is 0 Å². The number of rotatable bonds is 9. The fourth-order valence-corrected chi connectivity index (χ4v) is 2.88. The molecular formula is C22H29N3O3. The third-order valence-electron chi connectivity index (χ3n) is 4.44. The highest BCUT2D eigenvalue weighted by Crippen LogP contribution is 2.21. The van der Waals surface area contributed by atoms with Crippen molar-refractivity contribution >= 4 is 5.96 Å². The molecule has 150 valence electrons. The molecule has 0 amide bonds. The van der Waals surface area contributed by atoms with Crippen LogP contribution < -0.4 is 15.4 Å². The summed E-state index contributed by atoms with van der Waals surface area (Å²) < 4.78 is 16.9. The van der Waals surface area contributed by atoms with Crippen LogP contribution in [0.25, 0.3) is 0 Å². The summed E-state index contributed by atoms with van der Waals surface area (Å²) in [5.41, 5.74) is 1.16. The van der Waals surface area contributed by atoms with Crippen molar-refractivity contribution in [2.75, 3.05) is 33.4 Å². The molecule has 6 heteroatoms. The highest BCUT2D eigenvalue weighted by molar-refractivity contribution is 5.79. The zero-order chi connectivity index (χ0) is 19.4. The Morgan fingerprint density at radius 3 is 2.57 bits per heavy atom. The van der Waals surface area contributed by atoms with Crippen molar-refractivity contribution in [2.45, 2.75) is 25.5 Å². The lowest BCUT2D eigenvalue weighted by atomic mass is 10.2. The van der Waals surface area contributed by atoms with Gasteiger partial charge in [0, 0.05) is 33.4 Å². The van der Waals surface area contributed by atoms with Crippen molar-refractivity contribution in [3.05, 3.63) is 60.2 Å². The van der Waals surface area contributed by atoms with Crippen LogP contribution in [0.15, 0.2) is 59.6 Å². The minimum Gasteiger partial charge on any atom is -0.457 e. The van der Waals surface area contributed by atoms with Crippen LogP contribution in [0.3, 0.4) is 0 Å². The van der Waals surface area contributed by atoms with E-state index in [2.05, 4.69) is 27.8 Å². The summed E-state index contributed by atoms with van der Waals surface area (Å²) in [6.45, 7) is 3.80. The average Bonchev–Trinajstić information content (AvgIpc) is 3.25. The first-order valence-corrected chi connectivity index (χ1v) is 9.79. The summed E-state index contributed by atoms with van der Waals surface area (Å²) in [5.74, 6) is 2.45. The summed E-state index contributed by atoms with van der Waals surface area (Å²) in [5, 5.41) is 6.64. The molecule has 1 aliphatic rings. The van der Waals surface area contributed by atoms with Gasteiger partial charge in [0.25, 0.3) is 0 Å². The van der Waals surface area contributed by atoms with Crippen LogP contribution in [0.2, 0.25) is 0 Å². The quantitative estimate of drug-likeness (QED) is 0.395. The van der Waals surface area contributed by atoms with Crippen molar-refractivity contribution in [3.63, 3.8) is 0 Å². The van der Waals surface area contributed by atoms with Gasteiger partial charge in [0.2, 0.25) is 0 Å². The molecule has 6 nitrogen and oxygen atoms in total. The highest BCUT2D eigenvalue weighted by atomic mass is 16.5. The molecule has 2 aromatic rings. The number of nitrogens with zero attached hydrogens (tertiary/aromatic N) is 1. The van der Waals surface area contributed by atoms with Crippen molar-refractivity contribution in [2.24, 2.45) is 4.99 Å². The van der Waals surface area contributed by atoms with Gasteiger partial charge in [-0.1, -0.05) is 30.3 Å². The fraction of sp³-hybridized carbons (Fsp3) is 0.409. The van der Waals surface area contributed by atoms with E-state index in [9.17, 15) is 0 Å². The molecule has 2 aromatic carbocycles. The second kappa shape index (κ2) is 11.3. The predicted molar refractivity (Wildman–Crippen MR) is 111 cm³/mol. The van der Waals surface area contributed by atoms with E-state index >= 15 is 0 Å². The number of para-hydroxylation sites is 1. The molecule has 28 heavy (non-hydrogen) atoms. The normalized spacial score (nSPS) is 16.8. The summed E-state index contributed by atoms with van der Waals surface area (Å²) in [7, 11) is 1.78. The predicted octanol–water partition coefficient (Wildman–Crippen LogP) is 3.34. The van der Waals surface area contributed by atoms with Crippen LogP contribution >= 0.6 is 0 Å². The number of hydrogen-bond donors (Lipinski definition) is 2. The Balaban J connectivity index is 1.33. The SMILES string of the molecule is CN=C(NCCCOC1CCOC1)NCc1ccc(Oc2ccccc2)cc1.